The molecule has 0 fully saturated rings. The summed E-state index contributed by atoms with van der Waals surface area (Å²) in [5.41, 5.74) is 1.97. The summed E-state index contributed by atoms with van der Waals surface area (Å²) in [7, 11) is 0. The standard InChI is InChI=1S/C21H18FN3O3/c1-2-28-21(27)17-5-3-4-6-18(17)24-16-11-12-19(23-13-16)25-20(26)14-7-9-15(22)10-8-14/h3-13,24H,2H2,1H3,(H,23,25,26). The van der Waals surface area contributed by atoms with Crippen molar-refractivity contribution in [1.82, 2.24) is 4.98 Å². The van der Waals surface area contributed by atoms with Gasteiger partial charge >= 0.3 is 5.97 Å². The number of hydrogen-bond donors (Lipinski definition) is 2. The lowest BCUT2D eigenvalue weighted by Crippen LogP contribution is -2.13. The lowest BCUT2D eigenvalue weighted by molar-refractivity contribution is 0.0527. The molecule has 0 unspecified atom stereocenters. The number of benzene rings is 2. The number of hydrogen-bond acceptors (Lipinski definition) is 5. The molecule has 7 heteroatoms. The van der Waals surface area contributed by atoms with Crippen LogP contribution in [0, 0.1) is 5.82 Å². The zero-order chi connectivity index (χ0) is 19.9. The van der Waals surface area contributed by atoms with Gasteiger partial charge in [-0.05, 0) is 55.5 Å². The van der Waals surface area contributed by atoms with Crippen LogP contribution in [0.4, 0.5) is 21.6 Å². The Hall–Kier alpha value is -3.74. The fourth-order valence-electron chi connectivity index (χ4n) is 2.47. The molecule has 28 heavy (non-hydrogen) atoms. The van der Waals surface area contributed by atoms with E-state index in [0.717, 1.165) is 0 Å². The number of nitrogens with zero attached hydrogens (tertiary/aromatic N) is 1. The van der Waals surface area contributed by atoms with E-state index in [9.17, 15) is 14.0 Å². The Morgan fingerprint density at radius 3 is 2.46 bits per heavy atom. The van der Waals surface area contributed by atoms with Crippen LogP contribution in [0.5, 0.6) is 0 Å². The third kappa shape index (κ3) is 4.70. The number of rotatable bonds is 6. The van der Waals surface area contributed by atoms with Gasteiger partial charge in [0.05, 0.1) is 29.7 Å². The average Bonchev–Trinajstić information content (AvgIpc) is 2.70. The van der Waals surface area contributed by atoms with E-state index in [4.69, 9.17) is 4.74 Å². The van der Waals surface area contributed by atoms with E-state index in [1.165, 1.54) is 30.5 Å². The Balaban J connectivity index is 1.69. The number of carbonyl (C=O) groups is 2. The second kappa shape index (κ2) is 8.77. The molecule has 2 aromatic carbocycles. The summed E-state index contributed by atoms with van der Waals surface area (Å²) in [6, 6.07) is 15.6. The third-order valence-corrected chi connectivity index (χ3v) is 3.81. The molecule has 0 bridgehead atoms. The molecule has 3 aromatic rings. The van der Waals surface area contributed by atoms with Crippen molar-refractivity contribution in [2.24, 2.45) is 0 Å². The van der Waals surface area contributed by atoms with Crippen LogP contribution in [0.15, 0.2) is 66.9 Å². The van der Waals surface area contributed by atoms with Crippen molar-refractivity contribution in [3.63, 3.8) is 0 Å². The summed E-state index contributed by atoms with van der Waals surface area (Å²) in [5.74, 6) is -0.866. The van der Waals surface area contributed by atoms with Crippen LogP contribution in [0.1, 0.15) is 27.6 Å². The fraction of sp³-hybridized carbons (Fsp3) is 0.0952. The molecule has 0 saturated heterocycles. The molecule has 2 N–H and O–H groups in total. The lowest BCUT2D eigenvalue weighted by Gasteiger charge is -2.11. The highest BCUT2D eigenvalue weighted by atomic mass is 19.1. The van der Waals surface area contributed by atoms with Gasteiger partial charge in [-0.2, -0.15) is 0 Å². The van der Waals surface area contributed by atoms with Gasteiger partial charge in [-0.1, -0.05) is 12.1 Å². The van der Waals surface area contributed by atoms with Crippen molar-refractivity contribution in [2.45, 2.75) is 6.92 Å². The number of para-hydroxylation sites is 1. The Kier molecular flexibility index (Phi) is 5.96. The molecule has 0 aliphatic carbocycles. The lowest BCUT2D eigenvalue weighted by atomic mass is 10.1. The quantitative estimate of drug-likeness (QED) is 0.621. The van der Waals surface area contributed by atoms with E-state index in [0.29, 0.717) is 28.3 Å². The highest BCUT2D eigenvalue weighted by Crippen LogP contribution is 2.22. The van der Waals surface area contributed by atoms with Gasteiger partial charge < -0.3 is 15.4 Å². The Morgan fingerprint density at radius 1 is 1.04 bits per heavy atom. The molecule has 0 aliphatic heterocycles. The van der Waals surface area contributed by atoms with Gasteiger partial charge in [-0.15, -0.1) is 0 Å². The number of amides is 1. The molecule has 1 aromatic heterocycles. The van der Waals surface area contributed by atoms with Gasteiger partial charge in [-0.3, -0.25) is 4.79 Å². The zero-order valence-electron chi connectivity index (χ0n) is 15.1. The van der Waals surface area contributed by atoms with Crippen LogP contribution in [-0.4, -0.2) is 23.5 Å². The Bertz CT molecular complexity index is 973. The van der Waals surface area contributed by atoms with E-state index < -0.39 is 11.8 Å². The summed E-state index contributed by atoms with van der Waals surface area (Å²) in [6.45, 7) is 2.04. The Labute approximate surface area is 161 Å². The molecular weight excluding hydrogens is 361 g/mol. The van der Waals surface area contributed by atoms with Gasteiger partial charge in [0, 0.05) is 5.56 Å². The number of ether oxygens (including phenoxy) is 1. The van der Waals surface area contributed by atoms with Crippen LogP contribution in [0.2, 0.25) is 0 Å². The van der Waals surface area contributed by atoms with Crippen molar-refractivity contribution >= 4 is 29.1 Å². The van der Waals surface area contributed by atoms with Crippen molar-refractivity contribution < 1.29 is 18.7 Å². The summed E-state index contributed by atoms with van der Waals surface area (Å²) < 4.78 is 18.0. The first-order valence-corrected chi connectivity index (χ1v) is 8.63. The summed E-state index contributed by atoms with van der Waals surface area (Å²) >= 11 is 0. The molecule has 6 nitrogen and oxygen atoms in total. The van der Waals surface area contributed by atoms with E-state index in [1.54, 1.807) is 43.3 Å². The number of esters is 1. The topological polar surface area (TPSA) is 80.3 Å². The Morgan fingerprint density at radius 2 is 1.79 bits per heavy atom. The molecule has 142 valence electrons. The van der Waals surface area contributed by atoms with Gasteiger partial charge in [0.1, 0.15) is 11.6 Å². The highest BCUT2D eigenvalue weighted by molar-refractivity contribution is 6.03. The van der Waals surface area contributed by atoms with Crippen LogP contribution in [-0.2, 0) is 4.74 Å². The van der Waals surface area contributed by atoms with E-state index in [2.05, 4.69) is 15.6 Å². The second-order valence-corrected chi connectivity index (χ2v) is 5.78. The molecular formula is C21H18FN3O3. The summed E-state index contributed by atoms with van der Waals surface area (Å²) in [5, 5.41) is 5.75. The predicted molar refractivity (Wildman–Crippen MR) is 104 cm³/mol. The minimum Gasteiger partial charge on any atom is -0.462 e. The maximum Gasteiger partial charge on any atom is 0.340 e. The van der Waals surface area contributed by atoms with E-state index in [1.807, 2.05) is 0 Å². The van der Waals surface area contributed by atoms with Crippen LogP contribution in [0.25, 0.3) is 0 Å². The molecule has 0 saturated carbocycles. The molecule has 0 aliphatic rings. The fourth-order valence-corrected chi connectivity index (χ4v) is 2.47. The largest absolute Gasteiger partial charge is 0.462 e. The van der Waals surface area contributed by atoms with Crippen molar-refractivity contribution in [3.05, 3.63) is 83.8 Å². The molecule has 1 heterocycles. The van der Waals surface area contributed by atoms with Crippen molar-refractivity contribution in [2.75, 3.05) is 17.2 Å². The smallest absolute Gasteiger partial charge is 0.340 e. The van der Waals surface area contributed by atoms with Gasteiger partial charge in [0.15, 0.2) is 0 Å². The maximum absolute atomic E-state index is 12.9. The first kappa shape index (κ1) is 19.0. The van der Waals surface area contributed by atoms with Gasteiger partial charge in [0.25, 0.3) is 5.91 Å². The van der Waals surface area contributed by atoms with Crippen LogP contribution < -0.4 is 10.6 Å². The molecule has 3 rings (SSSR count). The monoisotopic (exact) mass is 379 g/mol. The third-order valence-electron chi connectivity index (χ3n) is 3.81. The minimum absolute atomic E-state index is 0.289. The number of pyridine rings is 1. The van der Waals surface area contributed by atoms with E-state index >= 15 is 0 Å². The number of aromatic nitrogens is 1. The number of nitrogens with one attached hydrogen (secondary N) is 2. The highest BCUT2D eigenvalue weighted by Gasteiger charge is 2.12. The second-order valence-electron chi connectivity index (χ2n) is 5.78. The first-order valence-electron chi connectivity index (χ1n) is 8.63. The average molecular weight is 379 g/mol. The number of anilines is 3. The van der Waals surface area contributed by atoms with Gasteiger partial charge in [-0.25, -0.2) is 14.2 Å². The molecule has 0 atom stereocenters. The predicted octanol–water partition coefficient (Wildman–Crippen LogP) is 4.39. The van der Waals surface area contributed by atoms with Crippen molar-refractivity contribution in [1.29, 1.82) is 0 Å². The van der Waals surface area contributed by atoms with Gasteiger partial charge in [0.2, 0.25) is 0 Å². The molecule has 1 amide bonds. The summed E-state index contributed by atoms with van der Waals surface area (Å²) in [4.78, 5) is 28.4. The van der Waals surface area contributed by atoms with Crippen LogP contribution in [0.3, 0.4) is 0 Å². The maximum atomic E-state index is 12.9. The van der Waals surface area contributed by atoms with Crippen molar-refractivity contribution in [3.8, 4) is 0 Å². The first-order chi connectivity index (χ1) is 13.6. The SMILES string of the molecule is CCOC(=O)c1ccccc1Nc1ccc(NC(=O)c2ccc(F)cc2)nc1. The normalized spacial score (nSPS) is 10.2. The minimum atomic E-state index is -0.415. The number of halogens is 1. The molecule has 0 radical (unpaired) electrons. The zero-order valence-corrected chi connectivity index (χ0v) is 15.1. The van der Waals surface area contributed by atoms with E-state index in [-0.39, 0.29) is 12.5 Å². The summed E-state index contributed by atoms with van der Waals surface area (Å²) in [6.07, 6.45) is 1.53. The van der Waals surface area contributed by atoms with Crippen LogP contribution >= 0.6 is 0 Å². The molecule has 0 spiro atoms. The number of carbonyl (C=O) groups excluding carboxylic acids is 2.